The zero-order chi connectivity index (χ0) is 16.5. The Morgan fingerprint density at radius 1 is 1.21 bits per heavy atom. The maximum Gasteiger partial charge on any atom is 0.275 e. The maximum atomic E-state index is 12.2. The summed E-state index contributed by atoms with van der Waals surface area (Å²) >= 11 is 4.77. The van der Waals surface area contributed by atoms with Crippen molar-refractivity contribution in [1.29, 1.82) is 0 Å². The standard InChI is InChI=1S/C16H14N4OS3/c1-2-5-13-19-20-14(21)8-10(17-15(20)24-13)9-22-16-18-11-6-3-4-7-12(11)23-16/h3-4,6-8H,2,5,9H2,1H3. The normalized spacial score (nSPS) is 11.5. The minimum atomic E-state index is -0.112. The number of thiazole rings is 1. The van der Waals surface area contributed by atoms with E-state index >= 15 is 0 Å². The van der Waals surface area contributed by atoms with Crippen LogP contribution < -0.4 is 5.56 Å². The van der Waals surface area contributed by atoms with Gasteiger partial charge in [0.05, 0.1) is 15.9 Å². The second kappa shape index (κ2) is 6.62. The van der Waals surface area contributed by atoms with Crippen LogP contribution in [0, 0.1) is 0 Å². The Kier molecular flexibility index (Phi) is 4.34. The summed E-state index contributed by atoms with van der Waals surface area (Å²) in [7, 11) is 0. The molecule has 4 rings (SSSR count). The Hall–Kier alpha value is -1.77. The number of rotatable bonds is 5. The average Bonchev–Trinajstić information content (AvgIpc) is 3.16. The summed E-state index contributed by atoms with van der Waals surface area (Å²) in [6.45, 7) is 2.10. The third-order valence-corrected chi connectivity index (χ3v) is 6.60. The molecule has 0 N–H and O–H groups in total. The van der Waals surface area contributed by atoms with Gasteiger partial charge in [0.25, 0.3) is 5.56 Å². The molecule has 122 valence electrons. The molecular weight excluding hydrogens is 360 g/mol. The van der Waals surface area contributed by atoms with Gasteiger partial charge in [0.1, 0.15) is 5.01 Å². The zero-order valence-electron chi connectivity index (χ0n) is 12.9. The first-order valence-corrected chi connectivity index (χ1v) is 10.2. The van der Waals surface area contributed by atoms with Gasteiger partial charge in [0.15, 0.2) is 4.34 Å². The number of thioether (sulfide) groups is 1. The molecule has 0 radical (unpaired) electrons. The van der Waals surface area contributed by atoms with E-state index in [9.17, 15) is 4.79 Å². The van der Waals surface area contributed by atoms with E-state index in [2.05, 4.69) is 28.1 Å². The molecule has 8 heteroatoms. The number of aromatic nitrogens is 4. The number of benzene rings is 1. The van der Waals surface area contributed by atoms with E-state index in [-0.39, 0.29) is 5.56 Å². The predicted octanol–water partition coefficient (Wildman–Crippen LogP) is 4.01. The largest absolute Gasteiger partial charge is 0.275 e. The first kappa shape index (κ1) is 15.7. The molecule has 0 saturated heterocycles. The number of para-hydroxylation sites is 1. The van der Waals surface area contributed by atoms with Crippen LogP contribution in [-0.2, 0) is 12.2 Å². The van der Waals surface area contributed by atoms with E-state index in [1.165, 1.54) is 20.6 Å². The molecule has 0 aliphatic rings. The molecule has 3 aromatic heterocycles. The van der Waals surface area contributed by atoms with Crippen LogP contribution in [0.15, 0.2) is 39.5 Å². The topological polar surface area (TPSA) is 60.2 Å². The lowest BCUT2D eigenvalue weighted by Crippen LogP contribution is -2.15. The Morgan fingerprint density at radius 3 is 2.92 bits per heavy atom. The van der Waals surface area contributed by atoms with Gasteiger partial charge in [-0.3, -0.25) is 4.79 Å². The van der Waals surface area contributed by atoms with Gasteiger partial charge in [-0.2, -0.15) is 9.61 Å². The molecule has 0 saturated carbocycles. The van der Waals surface area contributed by atoms with E-state index in [0.717, 1.165) is 33.4 Å². The second-order valence-electron chi connectivity index (χ2n) is 5.26. The van der Waals surface area contributed by atoms with Crippen LogP contribution in [0.3, 0.4) is 0 Å². The van der Waals surface area contributed by atoms with Crippen LogP contribution >= 0.6 is 34.4 Å². The van der Waals surface area contributed by atoms with Crippen molar-refractivity contribution in [1.82, 2.24) is 19.6 Å². The van der Waals surface area contributed by atoms with Crippen LogP contribution in [0.25, 0.3) is 15.2 Å². The molecule has 4 aromatic rings. The van der Waals surface area contributed by atoms with Crippen molar-refractivity contribution in [3.8, 4) is 0 Å². The number of hydrogen-bond donors (Lipinski definition) is 0. The molecule has 0 aliphatic heterocycles. The first-order valence-electron chi connectivity index (χ1n) is 7.60. The van der Waals surface area contributed by atoms with E-state index in [0.29, 0.717) is 10.7 Å². The molecule has 0 atom stereocenters. The smallest absolute Gasteiger partial charge is 0.267 e. The summed E-state index contributed by atoms with van der Waals surface area (Å²) in [6, 6.07) is 9.66. The van der Waals surface area contributed by atoms with Gasteiger partial charge in [-0.25, -0.2) is 9.97 Å². The molecule has 0 fully saturated rings. The summed E-state index contributed by atoms with van der Waals surface area (Å²) < 4.78 is 3.57. The van der Waals surface area contributed by atoms with Crippen molar-refractivity contribution >= 4 is 49.6 Å². The predicted molar refractivity (Wildman–Crippen MR) is 100 cm³/mol. The lowest BCUT2D eigenvalue weighted by molar-refractivity contribution is 0.818. The number of nitrogens with zero attached hydrogens (tertiary/aromatic N) is 4. The quantitative estimate of drug-likeness (QED) is 0.494. The summed E-state index contributed by atoms with van der Waals surface area (Å²) in [4.78, 5) is 22.1. The molecule has 0 unspecified atom stereocenters. The van der Waals surface area contributed by atoms with Gasteiger partial charge in [-0.1, -0.05) is 42.2 Å². The summed E-state index contributed by atoms with van der Waals surface area (Å²) in [5.74, 6) is 0.632. The van der Waals surface area contributed by atoms with Crippen LogP contribution in [0.5, 0.6) is 0 Å². The summed E-state index contributed by atoms with van der Waals surface area (Å²) in [6.07, 6.45) is 1.89. The van der Waals surface area contributed by atoms with Crippen molar-refractivity contribution in [2.75, 3.05) is 0 Å². The van der Waals surface area contributed by atoms with Crippen molar-refractivity contribution in [2.24, 2.45) is 0 Å². The summed E-state index contributed by atoms with van der Waals surface area (Å²) in [5, 5.41) is 5.29. The lowest BCUT2D eigenvalue weighted by Gasteiger charge is -1.98. The molecular formula is C16H14N4OS3. The van der Waals surface area contributed by atoms with Crippen molar-refractivity contribution in [3.05, 3.63) is 51.4 Å². The highest BCUT2D eigenvalue weighted by atomic mass is 32.2. The van der Waals surface area contributed by atoms with Crippen molar-refractivity contribution in [3.63, 3.8) is 0 Å². The van der Waals surface area contributed by atoms with Gasteiger partial charge in [0.2, 0.25) is 4.96 Å². The highest BCUT2D eigenvalue weighted by Gasteiger charge is 2.10. The molecule has 5 nitrogen and oxygen atoms in total. The van der Waals surface area contributed by atoms with Gasteiger partial charge < -0.3 is 0 Å². The summed E-state index contributed by atoms with van der Waals surface area (Å²) in [5.41, 5.74) is 1.68. The highest BCUT2D eigenvalue weighted by Crippen LogP contribution is 2.31. The van der Waals surface area contributed by atoms with Gasteiger partial charge in [-0.15, -0.1) is 11.3 Å². The molecule has 0 amide bonds. The molecule has 1 aromatic carbocycles. The molecule has 0 spiro atoms. The third kappa shape index (κ3) is 3.09. The van der Waals surface area contributed by atoms with Crippen LogP contribution in [0.1, 0.15) is 24.0 Å². The average molecular weight is 375 g/mol. The monoisotopic (exact) mass is 374 g/mol. The third-order valence-electron chi connectivity index (χ3n) is 3.42. The van der Waals surface area contributed by atoms with E-state index < -0.39 is 0 Å². The van der Waals surface area contributed by atoms with Crippen molar-refractivity contribution < 1.29 is 0 Å². The van der Waals surface area contributed by atoms with E-state index in [4.69, 9.17) is 0 Å². The lowest BCUT2D eigenvalue weighted by atomic mass is 10.3. The van der Waals surface area contributed by atoms with Gasteiger partial charge in [-0.05, 0) is 18.6 Å². The van der Waals surface area contributed by atoms with Crippen LogP contribution in [0.2, 0.25) is 0 Å². The Morgan fingerprint density at radius 2 is 2.08 bits per heavy atom. The first-order chi connectivity index (χ1) is 11.7. The fourth-order valence-corrected chi connectivity index (χ4v) is 5.31. The molecule has 24 heavy (non-hydrogen) atoms. The molecule has 3 heterocycles. The number of hydrogen-bond acceptors (Lipinski definition) is 7. The zero-order valence-corrected chi connectivity index (χ0v) is 15.4. The van der Waals surface area contributed by atoms with Crippen LogP contribution in [-0.4, -0.2) is 19.6 Å². The second-order valence-corrected chi connectivity index (χ2v) is 8.56. The van der Waals surface area contributed by atoms with Crippen molar-refractivity contribution in [2.45, 2.75) is 29.9 Å². The minimum Gasteiger partial charge on any atom is -0.267 e. The Balaban J connectivity index is 1.58. The van der Waals surface area contributed by atoms with Gasteiger partial charge >= 0.3 is 0 Å². The molecule has 0 aliphatic carbocycles. The minimum absolute atomic E-state index is 0.112. The van der Waals surface area contributed by atoms with E-state index in [1.54, 1.807) is 29.2 Å². The fourth-order valence-electron chi connectivity index (χ4n) is 2.33. The fraction of sp³-hybridized carbons (Fsp3) is 0.250. The maximum absolute atomic E-state index is 12.2. The number of aryl methyl sites for hydroxylation is 1. The number of fused-ring (bicyclic) bond motifs is 2. The Labute approximate surface area is 150 Å². The van der Waals surface area contributed by atoms with Crippen LogP contribution in [0.4, 0.5) is 0 Å². The molecule has 0 bridgehead atoms. The Bertz CT molecular complexity index is 1030. The SMILES string of the molecule is CCCc1nn2c(=O)cc(CSc3nc4ccccc4s3)nc2s1. The highest BCUT2D eigenvalue weighted by molar-refractivity contribution is 8.00. The van der Waals surface area contributed by atoms with Gasteiger partial charge in [0, 0.05) is 18.2 Å². The van der Waals surface area contributed by atoms with E-state index in [1.807, 2.05) is 18.2 Å².